The second kappa shape index (κ2) is 5.85. The molecule has 21 heavy (non-hydrogen) atoms. The predicted octanol–water partition coefficient (Wildman–Crippen LogP) is 3.54. The second-order valence-corrected chi connectivity index (χ2v) is 6.58. The molecule has 2 fully saturated rings. The molecule has 0 aromatic heterocycles. The largest absolute Gasteiger partial charge is 0.445 e. The van der Waals surface area contributed by atoms with Crippen LogP contribution < -0.4 is 0 Å². The van der Waals surface area contributed by atoms with E-state index >= 15 is 0 Å². The number of nitrogens with zero attached hydrogens (tertiary/aromatic N) is 1. The van der Waals surface area contributed by atoms with Crippen LogP contribution in [-0.2, 0) is 16.1 Å². The molecule has 1 aliphatic heterocycles. The number of hydrogen-bond acceptors (Lipinski definition) is 3. The molecular weight excluding hydrogens is 313 g/mol. The highest BCUT2D eigenvalue weighted by atomic mass is 35.5. The molecule has 0 radical (unpaired) electrons. The molecule has 4 nitrogen and oxygen atoms in total. The first-order valence-electron chi connectivity index (χ1n) is 6.89. The van der Waals surface area contributed by atoms with Gasteiger partial charge in [-0.2, -0.15) is 0 Å². The molecule has 6 heteroatoms. The van der Waals surface area contributed by atoms with Crippen molar-refractivity contribution in [3.8, 4) is 0 Å². The van der Waals surface area contributed by atoms with Crippen LogP contribution in [0.15, 0.2) is 18.2 Å². The minimum absolute atomic E-state index is 0.143. The van der Waals surface area contributed by atoms with E-state index in [-0.39, 0.29) is 12.7 Å². The molecule has 1 aliphatic carbocycles. The molecular formula is C15H15Cl2NO3. The number of fused-ring (bicyclic) bond motifs is 1. The molecule has 0 unspecified atom stereocenters. The zero-order valence-electron chi connectivity index (χ0n) is 11.4. The van der Waals surface area contributed by atoms with Gasteiger partial charge in [-0.25, -0.2) is 4.79 Å². The molecule has 1 amide bonds. The van der Waals surface area contributed by atoms with E-state index in [0.29, 0.717) is 53.6 Å². The Labute approximate surface area is 133 Å². The third-order valence-corrected chi connectivity index (χ3v) is 4.54. The lowest BCUT2D eigenvalue weighted by Crippen LogP contribution is -2.30. The lowest BCUT2D eigenvalue weighted by molar-refractivity contribution is -0.118. The van der Waals surface area contributed by atoms with Crippen molar-refractivity contribution in [2.45, 2.75) is 19.4 Å². The van der Waals surface area contributed by atoms with Gasteiger partial charge in [0.25, 0.3) is 0 Å². The average Bonchev–Trinajstić information content (AvgIpc) is 2.92. The topological polar surface area (TPSA) is 46.6 Å². The summed E-state index contributed by atoms with van der Waals surface area (Å²) in [7, 11) is 0. The highest BCUT2D eigenvalue weighted by molar-refractivity contribution is 6.34. The van der Waals surface area contributed by atoms with E-state index in [1.165, 1.54) is 0 Å². The van der Waals surface area contributed by atoms with Crippen LogP contribution >= 0.6 is 23.2 Å². The van der Waals surface area contributed by atoms with Gasteiger partial charge in [0.1, 0.15) is 12.4 Å². The van der Waals surface area contributed by atoms with Crippen molar-refractivity contribution in [3.05, 3.63) is 33.8 Å². The number of hydrogen-bond donors (Lipinski definition) is 0. The number of carbonyl (C=O) groups is 2. The van der Waals surface area contributed by atoms with Crippen LogP contribution in [0.3, 0.4) is 0 Å². The Kier molecular flexibility index (Phi) is 4.09. The lowest BCUT2D eigenvalue weighted by atomic mass is 10.0. The molecule has 2 atom stereocenters. The molecule has 0 N–H and O–H groups in total. The van der Waals surface area contributed by atoms with Crippen molar-refractivity contribution in [3.63, 3.8) is 0 Å². The number of halogens is 2. The number of ketones is 1. The molecule has 112 valence electrons. The van der Waals surface area contributed by atoms with Crippen molar-refractivity contribution < 1.29 is 14.3 Å². The Morgan fingerprint density at radius 3 is 2.29 bits per heavy atom. The zero-order valence-corrected chi connectivity index (χ0v) is 12.9. The number of likely N-dealkylation sites (tertiary alicyclic amines) is 1. The first-order chi connectivity index (χ1) is 10.0. The summed E-state index contributed by atoms with van der Waals surface area (Å²) in [6.07, 6.45) is 0.851. The molecule has 1 saturated heterocycles. The van der Waals surface area contributed by atoms with Crippen molar-refractivity contribution in [2.75, 3.05) is 13.1 Å². The van der Waals surface area contributed by atoms with E-state index < -0.39 is 0 Å². The van der Waals surface area contributed by atoms with E-state index in [9.17, 15) is 9.59 Å². The van der Waals surface area contributed by atoms with Crippen molar-refractivity contribution in [2.24, 2.45) is 11.8 Å². The summed E-state index contributed by atoms with van der Waals surface area (Å²) < 4.78 is 5.30. The number of amides is 1. The van der Waals surface area contributed by atoms with Crippen molar-refractivity contribution >= 4 is 35.1 Å². The third-order valence-electron chi connectivity index (χ3n) is 4.10. The van der Waals surface area contributed by atoms with Gasteiger partial charge in [-0.3, -0.25) is 4.79 Å². The summed E-state index contributed by atoms with van der Waals surface area (Å²) in [5.41, 5.74) is 0.760. The van der Waals surface area contributed by atoms with Crippen molar-refractivity contribution in [1.29, 1.82) is 0 Å². The third kappa shape index (κ3) is 3.33. The van der Waals surface area contributed by atoms with Gasteiger partial charge in [0.15, 0.2) is 0 Å². The molecule has 1 aromatic rings. The van der Waals surface area contributed by atoms with Gasteiger partial charge < -0.3 is 9.64 Å². The normalized spacial score (nSPS) is 24.3. The van der Waals surface area contributed by atoms with Crippen LogP contribution in [0.5, 0.6) is 0 Å². The predicted molar refractivity (Wildman–Crippen MR) is 79.4 cm³/mol. The molecule has 1 aromatic carbocycles. The van der Waals surface area contributed by atoms with Gasteiger partial charge in [0, 0.05) is 36.0 Å². The lowest BCUT2D eigenvalue weighted by Gasteiger charge is -2.17. The van der Waals surface area contributed by atoms with E-state index in [4.69, 9.17) is 27.9 Å². The Morgan fingerprint density at radius 1 is 1.14 bits per heavy atom. The molecule has 2 aliphatic rings. The summed E-state index contributed by atoms with van der Waals surface area (Å²) in [6.45, 7) is 1.38. The van der Waals surface area contributed by atoms with E-state index in [1.54, 1.807) is 23.1 Å². The van der Waals surface area contributed by atoms with Gasteiger partial charge in [-0.1, -0.05) is 23.2 Å². The Bertz CT molecular complexity index is 554. The zero-order chi connectivity index (χ0) is 15.0. The maximum Gasteiger partial charge on any atom is 0.410 e. The smallest absolute Gasteiger partial charge is 0.410 e. The van der Waals surface area contributed by atoms with Crippen LogP contribution in [0.1, 0.15) is 18.4 Å². The van der Waals surface area contributed by atoms with Gasteiger partial charge in [0.2, 0.25) is 0 Å². The van der Waals surface area contributed by atoms with Gasteiger partial charge in [0.05, 0.1) is 0 Å². The number of benzene rings is 1. The number of rotatable bonds is 2. The highest BCUT2D eigenvalue weighted by Crippen LogP contribution is 2.36. The minimum Gasteiger partial charge on any atom is -0.445 e. The Morgan fingerprint density at radius 2 is 1.71 bits per heavy atom. The fourth-order valence-corrected chi connectivity index (χ4v) is 3.72. The fourth-order valence-electron chi connectivity index (χ4n) is 3.15. The van der Waals surface area contributed by atoms with Gasteiger partial charge in [-0.15, -0.1) is 0 Å². The van der Waals surface area contributed by atoms with Crippen LogP contribution in [-0.4, -0.2) is 29.9 Å². The summed E-state index contributed by atoms with van der Waals surface area (Å²) >= 11 is 11.8. The maximum atomic E-state index is 12.1. The molecule has 1 saturated carbocycles. The Hall–Kier alpha value is -1.26. The highest BCUT2D eigenvalue weighted by Gasteiger charge is 2.42. The fraction of sp³-hybridized carbons (Fsp3) is 0.467. The monoisotopic (exact) mass is 327 g/mol. The summed E-state index contributed by atoms with van der Waals surface area (Å²) in [5, 5.41) is 1.03. The average molecular weight is 328 g/mol. The van der Waals surface area contributed by atoms with Crippen LogP contribution in [0.4, 0.5) is 4.79 Å². The van der Waals surface area contributed by atoms with E-state index in [1.807, 2.05) is 0 Å². The first-order valence-corrected chi connectivity index (χ1v) is 7.65. The number of carbonyl (C=O) groups excluding carboxylic acids is 2. The summed E-state index contributed by atoms with van der Waals surface area (Å²) in [6, 6.07) is 5.07. The SMILES string of the molecule is O=C1C[C@@H]2CN(C(=O)OCc3cc(Cl)cc(Cl)c3)C[C@@H]2C1. The van der Waals surface area contributed by atoms with E-state index in [2.05, 4.69) is 0 Å². The first kappa shape index (κ1) is 14.7. The standard InChI is InChI=1S/C15H15Cl2NO3/c16-12-1-9(2-13(17)5-12)8-21-15(20)18-6-10-3-14(19)4-11(10)7-18/h1-2,5,10-11H,3-4,6-8H2/t10-,11+. The van der Waals surface area contributed by atoms with Gasteiger partial charge in [-0.05, 0) is 35.6 Å². The maximum absolute atomic E-state index is 12.1. The van der Waals surface area contributed by atoms with Crippen LogP contribution in [0, 0.1) is 11.8 Å². The van der Waals surface area contributed by atoms with Crippen molar-refractivity contribution in [1.82, 2.24) is 4.90 Å². The van der Waals surface area contributed by atoms with Crippen LogP contribution in [0.2, 0.25) is 10.0 Å². The quantitative estimate of drug-likeness (QED) is 0.834. The minimum atomic E-state index is -0.340. The van der Waals surface area contributed by atoms with E-state index in [0.717, 1.165) is 5.56 Å². The van der Waals surface area contributed by atoms with Gasteiger partial charge >= 0.3 is 6.09 Å². The number of Topliss-reactive ketones (excluding diaryl/α,β-unsaturated/α-hetero) is 1. The molecule has 1 heterocycles. The Balaban J connectivity index is 1.54. The second-order valence-electron chi connectivity index (χ2n) is 5.70. The summed E-state index contributed by atoms with van der Waals surface area (Å²) in [4.78, 5) is 25.1. The number of ether oxygens (including phenoxy) is 1. The van der Waals surface area contributed by atoms with Crippen LogP contribution in [0.25, 0.3) is 0 Å². The molecule has 3 rings (SSSR count). The molecule has 0 spiro atoms. The molecule has 0 bridgehead atoms. The summed E-state index contributed by atoms with van der Waals surface area (Å²) in [5.74, 6) is 0.933.